The van der Waals surface area contributed by atoms with E-state index in [1.165, 1.54) is 0 Å². The van der Waals surface area contributed by atoms with E-state index in [1.54, 1.807) is 12.1 Å². The van der Waals surface area contributed by atoms with Gasteiger partial charge in [0.25, 0.3) is 0 Å². The Hall–Kier alpha value is -0.950. The first kappa shape index (κ1) is 16.1. The Morgan fingerprint density at radius 1 is 1.26 bits per heavy atom. The molecule has 0 unspecified atom stereocenters. The minimum atomic E-state index is -3.43. The van der Waals surface area contributed by atoms with Gasteiger partial charge in [-0.25, -0.2) is 13.1 Å². The first-order valence-electron chi connectivity index (χ1n) is 6.26. The average molecular weight is 285 g/mol. The van der Waals surface area contributed by atoms with Gasteiger partial charge < -0.3 is 10.2 Å². The summed E-state index contributed by atoms with van der Waals surface area (Å²) in [6.07, 6.45) is 0. The molecule has 1 aromatic carbocycles. The van der Waals surface area contributed by atoms with E-state index in [-0.39, 0.29) is 0 Å². The molecule has 0 atom stereocenters. The largest absolute Gasteiger partial charge is 0.316 e. The van der Waals surface area contributed by atoms with E-state index in [4.69, 9.17) is 0 Å². The summed E-state index contributed by atoms with van der Waals surface area (Å²) in [5.74, 6) is 0. The third-order valence-electron chi connectivity index (χ3n) is 2.90. The van der Waals surface area contributed by atoms with Gasteiger partial charge >= 0.3 is 0 Å². The van der Waals surface area contributed by atoms with Crippen molar-refractivity contribution in [3.63, 3.8) is 0 Å². The first-order chi connectivity index (χ1) is 8.88. The summed E-state index contributed by atoms with van der Waals surface area (Å²) in [6, 6.07) is 5.36. The van der Waals surface area contributed by atoms with Crippen molar-refractivity contribution in [1.82, 2.24) is 14.9 Å². The predicted molar refractivity (Wildman–Crippen MR) is 77.7 cm³/mol. The highest BCUT2D eigenvalue weighted by molar-refractivity contribution is 7.89. The van der Waals surface area contributed by atoms with Crippen molar-refractivity contribution in [1.29, 1.82) is 0 Å². The minimum Gasteiger partial charge on any atom is -0.316 e. The van der Waals surface area contributed by atoms with Crippen LogP contribution in [0.5, 0.6) is 0 Å². The first-order valence-corrected chi connectivity index (χ1v) is 7.74. The van der Waals surface area contributed by atoms with Gasteiger partial charge in [-0.05, 0) is 45.3 Å². The molecule has 0 aliphatic heterocycles. The summed E-state index contributed by atoms with van der Waals surface area (Å²) >= 11 is 0. The van der Waals surface area contributed by atoms with Crippen LogP contribution in [0.4, 0.5) is 0 Å². The molecule has 0 radical (unpaired) electrons. The highest BCUT2D eigenvalue weighted by Crippen LogP contribution is 2.18. The van der Waals surface area contributed by atoms with Gasteiger partial charge in [-0.3, -0.25) is 0 Å². The van der Waals surface area contributed by atoms with Crippen molar-refractivity contribution >= 4 is 10.0 Å². The van der Waals surface area contributed by atoms with Gasteiger partial charge in [0.05, 0.1) is 4.90 Å². The van der Waals surface area contributed by atoms with E-state index in [0.29, 0.717) is 24.5 Å². The topological polar surface area (TPSA) is 61.4 Å². The van der Waals surface area contributed by atoms with E-state index in [9.17, 15) is 8.42 Å². The van der Waals surface area contributed by atoms with Crippen molar-refractivity contribution in [3.05, 3.63) is 29.3 Å². The lowest BCUT2D eigenvalue weighted by Crippen LogP contribution is -2.31. The van der Waals surface area contributed by atoms with Crippen LogP contribution >= 0.6 is 0 Å². The molecule has 0 fully saturated rings. The molecule has 2 N–H and O–H groups in total. The van der Waals surface area contributed by atoms with Gasteiger partial charge in [-0.2, -0.15) is 0 Å². The van der Waals surface area contributed by atoms with Gasteiger partial charge in [0.2, 0.25) is 10.0 Å². The SMILES string of the molecule is CNCc1cccc(S(=O)(=O)NCCN(C)C)c1C. The Kier molecular flexibility index (Phi) is 5.93. The standard InChI is InChI=1S/C13H23N3O2S/c1-11-12(10-14-2)6-5-7-13(11)19(17,18)15-8-9-16(3)4/h5-7,14-15H,8-10H2,1-4H3. The number of rotatable bonds is 7. The molecule has 0 spiro atoms. The fourth-order valence-electron chi connectivity index (χ4n) is 1.81. The number of hydrogen-bond donors (Lipinski definition) is 2. The molecule has 0 aliphatic carbocycles. The molecule has 1 aromatic rings. The maximum absolute atomic E-state index is 12.2. The number of sulfonamides is 1. The smallest absolute Gasteiger partial charge is 0.240 e. The van der Waals surface area contributed by atoms with Crippen molar-refractivity contribution in [2.24, 2.45) is 0 Å². The van der Waals surface area contributed by atoms with Gasteiger partial charge in [0.1, 0.15) is 0 Å². The molecule has 0 aliphatic rings. The summed E-state index contributed by atoms with van der Waals surface area (Å²) in [5.41, 5.74) is 1.80. The van der Waals surface area contributed by atoms with Crippen LogP contribution < -0.4 is 10.0 Å². The van der Waals surface area contributed by atoms with Gasteiger partial charge in [0.15, 0.2) is 0 Å². The van der Waals surface area contributed by atoms with Crippen LogP contribution in [-0.4, -0.2) is 47.6 Å². The summed E-state index contributed by atoms with van der Waals surface area (Å²) in [4.78, 5) is 2.30. The lowest BCUT2D eigenvalue weighted by molar-refractivity contribution is 0.412. The van der Waals surface area contributed by atoms with E-state index in [1.807, 2.05) is 39.0 Å². The second kappa shape index (κ2) is 7.00. The van der Waals surface area contributed by atoms with Gasteiger partial charge in [-0.1, -0.05) is 12.1 Å². The van der Waals surface area contributed by atoms with Crippen molar-refractivity contribution < 1.29 is 8.42 Å². The van der Waals surface area contributed by atoms with Crippen LogP contribution in [0.2, 0.25) is 0 Å². The monoisotopic (exact) mass is 285 g/mol. The number of hydrogen-bond acceptors (Lipinski definition) is 4. The van der Waals surface area contributed by atoms with Crippen LogP contribution in [0.15, 0.2) is 23.1 Å². The lowest BCUT2D eigenvalue weighted by Gasteiger charge is -2.14. The summed E-state index contributed by atoms with van der Waals surface area (Å²) in [7, 11) is 2.23. The Morgan fingerprint density at radius 2 is 1.95 bits per heavy atom. The predicted octanol–water partition coefficient (Wildman–Crippen LogP) is 0.554. The normalized spacial score (nSPS) is 12.1. The van der Waals surface area contributed by atoms with Gasteiger partial charge in [-0.15, -0.1) is 0 Å². The number of nitrogens with zero attached hydrogens (tertiary/aromatic N) is 1. The second-order valence-electron chi connectivity index (χ2n) is 4.77. The zero-order valence-electron chi connectivity index (χ0n) is 12.0. The average Bonchev–Trinajstić information content (AvgIpc) is 2.31. The highest BCUT2D eigenvalue weighted by Gasteiger charge is 2.17. The molecule has 0 bridgehead atoms. The fourth-order valence-corrected chi connectivity index (χ4v) is 3.12. The molecular weight excluding hydrogens is 262 g/mol. The quantitative estimate of drug-likeness (QED) is 0.768. The minimum absolute atomic E-state index is 0.360. The maximum atomic E-state index is 12.2. The summed E-state index contributed by atoms with van der Waals surface area (Å²) in [6.45, 7) is 3.58. The number of likely N-dealkylation sites (N-methyl/N-ethyl adjacent to an activating group) is 1. The van der Waals surface area contributed by atoms with Gasteiger partial charge in [0, 0.05) is 19.6 Å². The van der Waals surface area contributed by atoms with Crippen molar-refractivity contribution in [2.45, 2.75) is 18.4 Å². The van der Waals surface area contributed by atoms with Crippen LogP contribution in [0.3, 0.4) is 0 Å². The van der Waals surface area contributed by atoms with E-state index in [2.05, 4.69) is 10.0 Å². The third kappa shape index (κ3) is 4.58. The lowest BCUT2D eigenvalue weighted by atomic mass is 10.1. The fraction of sp³-hybridized carbons (Fsp3) is 0.538. The second-order valence-corrected chi connectivity index (χ2v) is 6.51. The van der Waals surface area contributed by atoms with Crippen LogP contribution in [0.1, 0.15) is 11.1 Å². The molecule has 108 valence electrons. The van der Waals surface area contributed by atoms with E-state index >= 15 is 0 Å². The molecule has 0 amide bonds. The molecule has 1 rings (SSSR count). The Balaban J connectivity index is 2.92. The maximum Gasteiger partial charge on any atom is 0.240 e. The van der Waals surface area contributed by atoms with Crippen LogP contribution in [-0.2, 0) is 16.6 Å². The van der Waals surface area contributed by atoms with Crippen molar-refractivity contribution in [3.8, 4) is 0 Å². The van der Waals surface area contributed by atoms with E-state index in [0.717, 1.165) is 11.1 Å². The Labute approximate surface area is 116 Å². The summed E-state index contributed by atoms with van der Waals surface area (Å²) < 4.78 is 27.1. The molecule has 19 heavy (non-hydrogen) atoms. The van der Waals surface area contributed by atoms with Crippen molar-refractivity contribution in [2.75, 3.05) is 34.2 Å². The number of nitrogens with one attached hydrogen (secondary N) is 2. The Morgan fingerprint density at radius 3 is 2.53 bits per heavy atom. The molecule has 0 saturated heterocycles. The molecule has 0 aromatic heterocycles. The van der Waals surface area contributed by atoms with Crippen LogP contribution in [0.25, 0.3) is 0 Å². The molecule has 6 heteroatoms. The Bertz CT molecular complexity index is 513. The molecule has 5 nitrogen and oxygen atoms in total. The zero-order valence-corrected chi connectivity index (χ0v) is 12.8. The van der Waals surface area contributed by atoms with E-state index < -0.39 is 10.0 Å². The molecule has 0 heterocycles. The van der Waals surface area contributed by atoms with Crippen LogP contribution in [0, 0.1) is 6.92 Å². The molecule has 0 saturated carbocycles. The highest BCUT2D eigenvalue weighted by atomic mass is 32.2. The number of benzene rings is 1. The summed E-state index contributed by atoms with van der Waals surface area (Å²) in [5, 5.41) is 3.04. The molecular formula is C13H23N3O2S. The zero-order chi connectivity index (χ0) is 14.5. The third-order valence-corrected chi connectivity index (χ3v) is 4.51.